The average molecular weight is 260 g/mol. The van der Waals surface area contributed by atoms with Gasteiger partial charge < -0.3 is 5.32 Å². The van der Waals surface area contributed by atoms with Crippen LogP contribution in [0, 0.1) is 23.1 Å². The molecule has 0 aromatic heterocycles. The van der Waals surface area contributed by atoms with Crippen LogP contribution in [0.1, 0.15) is 51.0 Å². The Hall–Kier alpha value is -1.56. The highest BCUT2D eigenvalue weighted by molar-refractivity contribution is 5.48. The van der Waals surface area contributed by atoms with E-state index in [1.807, 2.05) is 6.07 Å². The van der Waals surface area contributed by atoms with Crippen LogP contribution in [-0.4, -0.2) is 6.04 Å². The Kier molecular flexibility index (Phi) is 4.79. The molecule has 2 rings (SSSR count). The predicted octanol–water partition coefficient (Wildman–Crippen LogP) is 4.47. The van der Waals surface area contributed by atoms with E-state index < -0.39 is 5.82 Å². The van der Waals surface area contributed by atoms with E-state index in [4.69, 9.17) is 5.26 Å². The SMILES string of the molecule is CCCC1CCC(Nc2ccc(C#N)c(F)c2)CC1. The number of anilines is 1. The van der Waals surface area contributed by atoms with Gasteiger partial charge in [0.25, 0.3) is 0 Å². The van der Waals surface area contributed by atoms with Crippen LogP contribution in [0.4, 0.5) is 10.1 Å². The van der Waals surface area contributed by atoms with Crippen molar-refractivity contribution >= 4 is 5.69 Å². The summed E-state index contributed by atoms with van der Waals surface area (Å²) in [5.74, 6) is 0.438. The van der Waals surface area contributed by atoms with Crippen molar-refractivity contribution in [1.29, 1.82) is 5.26 Å². The second kappa shape index (κ2) is 6.56. The summed E-state index contributed by atoms with van der Waals surface area (Å²) in [4.78, 5) is 0. The Labute approximate surface area is 114 Å². The molecule has 3 heteroatoms. The highest BCUT2D eigenvalue weighted by Gasteiger charge is 2.20. The van der Waals surface area contributed by atoms with Crippen LogP contribution in [0.15, 0.2) is 18.2 Å². The first-order valence-electron chi connectivity index (χ1n) is 7.19. The van der Waals surface area contributed by atoms with Crippen LogP contribution in [0.2, 0.25) is 0 Å². The lowest BCUT2D eigenvalue weighted by Gasteiger charge is -2.29. The fraction of sp³-hybridized carbons (Fsp3) is 0.562. The zero-order chi connectivity index (χ0) is 13.7. The molecular formula is C16H21FN2. The number of nitrogens with one attached hydrogen (secondary N) is 1. The molecule has 1 N–H and O–H groups in total. The first-order chi connectivity index (χ1) is 9.22. The molecule has 1 aliphatic carbocycles. The highest BCUT2D eigenvalue weighted by atomic mass is 19.1. The van der Waals surface area contributed by atoms with Crippen molar-refractivity contribution in [2.24, 2.45) is 5.92 Å². The first kappa shape index (κ1) is 13.9. The van der Waals surface area contributed by atoms with E-state index in [1.165, 1.54) is 31.7 Å². The minimum Gasteiger partial charge on any atom is -0.382 e. The number of nitrogens with zero attached hydrogens (tertiary/aromatic N) is 1. The lowest BCUT2D eigenvalue weighted by atomic mass is 9.83. The number of rotatable bonds is 4. The molecule has 0 unspecified atom stereocenters. The molecule has 0 heterocycles. The van der Waals surface area contributed by atoms with Gasteiger partial charge in [-0.05, 0) is 49.8 Å². The number of hydrogen-bond donors (Lipinski definition) is 1. The molecule has 1 saturated carbocycles. The number of nitriles is 1. The van der Waals surface area contributed by atoms with E-state index in [2.05, 4.69) is 12.2 Å². The van der Waals surface area contributed by atoms with Gasteiger partial charge in [0.1, 0.15) is 11.9 Å². The van der Waals surface area contributed by atoms with E-state index in [1.54, 1.807) is 12.1 Å². The van der Waals surface area contributed by atoms with Crippen molar-refractivity contribution in [3.05, 3.63) is 29.6 Å². The topological polar surface area (TPSA) is 35.8 Å². The normalized spacial score (nSPS) is 22.8. The highest BCUT2D eigenvalue weighted by Crippen LogP contribution is 2.29. The summed E-state index contributed by atoms with van der Waals surface area (Å²) >= 11 is 0. The number of benzene rings is 1. The van der Waals surface area contributed by atoms with Crippen molar-refractivity contribution in [1.82, 2.24) is 0 Å². The van der Waals surface area contributed by atoms with Crippen molar-refractivity contribution in [3.63, 3.8) is 0 Å². The molecule has 0 amide bonds. The van der Waals surface area contributed by atoms with Gasteiger partial charge in [0, 0.05) is 11.7 Å². The second-order valence-electron chi connectivity index (χ2n) is 5.46. The van der Waals surface area contributed by atoms with Gasteiger partial charge in [-0.15, -0.1) is 0 Å². The third kappa shape index (κ3) is 3.70. The van der Waals surface area contributed by atoms with E-state index in [9.17, 15) is 4.39 Å². The molecule has 1 fully saturated rings. The summed E-state index contributed by atoms with van der Waals surface area (Å²) in [6.07, 6.45) is 7.45. The van der Waals surface area contributed by atoms with Crippen LogP contribution >= 0.6 is 0 Å². The van der Waals surface area contributed by atoms with Crippen LogP contribution in [0.3, 0.4) is 0 Å². The maximum Gasteiger partial charge on any atom is 0.143 e. The Morgan fingerprint density at radius 2 is 2.05 bits per heavy atom. The molecule has 19 heavy (non-hydrogen) atoms. The molecule has 2 nitrogen and oxygen atoms in total. The molecule has 1 aliphatic rings. The van der Waals surface area contributed by atoms with Crippen molar-refractivity contribution in [3.8, 4) is 6.07 Å². The Bertz CT molecular complexity index is 456. The molecule has 0 bridgehead atoms. The van der Waals surface area contributed by atoms with Gasteiger partial charge >= 0.3 is 0 Å². The average Bonchev–Trinajstić information content (AvgIpc) is 2.42. The fourth-order valence-corrected chi connectivity index (χ4v) is 2.93. The molecule has 0 saturated heterocycles. The van der Waals surface area contributed by atoms with Gasteiger partial charge in [-0.25, -0.2) is 4.39 Å². The molecule has 0 atom stereocenters. The van der Waals surface area contributed by atoms with Crippen LogP contribution < -0.4 is 5.32 Å². The van der Waals surface area contributed by atoms with E-state index >= 15 is 0 Å². The summed E-state index contributed by atoms with van der Waals surface area (Å²) in [7, 11) is 0. The van der Waals surface area contributed by atoms with Crippen LogP contribution in [0.25, 0.3) is 0 Å². The Morgan fingerprint density at radius 3 is 2.63 bits per heavy atom. The van der Waals surface area contributed by atoms with E-state index in [0.717, 1.165) is 24.4 Å². The van der Waals surface area contributed by atoms with Gasteiger partial charge in [-0.1, -0.05) is 19.8 Å². The van der Waals surface area contributed by atoms with Gasteiger partial charge in [-0.2, -0.15) is 5.26 Å². The minimum atomic E-state index is -0.438. The summed E-state index contributed by atoms with van der Waals surface area (Å²) in [6, 6.07) is 7.05. The van der Waals surface area contributed by atoms with Crippen molar-refractivity contribution in [2.45, 2.75) is 51.5 Å². The fourth-order valence-electron chi connectivity index (χ4n) is 2.93. The van der Waals surface area contributed by atoms with Crippen LogP contribution in [0.5, 0.6) is 0 Å². The van der Waals surface area contributed by atoms with Gasteiger partial charge in [0.15, 0.2) is 0 Å². The lowest BCUT2D eigenvalue weighted by Crippen LogP contribution is -2.26. The molecule has 0 spiro atoms. The molecule has 1 aromatic rings. The molecule has 1 aromatic carbocycles. The molecule has 0 radical (unpaired) electrons. The van der Waals surface area contributed by atoms with Crippen molar-refractivity contribution < 1.29 is 4.39 Å². The standard InChI is InChI=1S/C16H21FN2/c1-2-3-12-4-7-14(8-5-12)19-15-9-6-13(11-18)16(17)10-15/h6,9-10,12,14,19H,2-5,7-8H2,1H3. The van der Waals surface area contributed by atoms with Crippen molar-refractivity contribution in [2.75, 3.05) is 5.32 Å². The third-order valence-electron chi connectivity index (χ3n) is 4.00. The maximum absolute atomic E-state index is 13.5. The smallest absolute Gasteiger partial charge is 0.143 e. The quantitative estimate of drug-likeness (QED) is 0.867. The first-order valence-corrected chi connectivity index (χ1v) is 7.19. The summed E-state index contributed by atoms with van der Waals surface area (Å²) < 4.78 is 13.5. The van der Waals surface area contributed by atoms with E-state index in [0.29, 0.717) is 6.04 Å². The zero-order valence-corrected chi connectivity index (χ0v) is 11.5. The number of hydrogen-bond acceptors (Lipinski definition) is 2. The van der Waals surface area contributed by atoms with Gasteiger partial charge in [0.2, 0.25) is 0 Å². The largest absolute Gasteiger partial charge is 0.382 e. The third-order valence-corrected chi connectivity index (χ3v) is 4.00. The lowest BCUT2D eigenvalue weighted by molar-refractivity contribution is 0.319. The zero-order valence-electron chi connectivity index (χ0n) is 11.5. The second-order valence-corrected chi connectivity index (χ2v) is 5.46. The predicted molar refractivity (Wildman–Crippen MR) is 75.4 cm³/mol. The monoisotopic (exact) mass is 260 g/mol. The number of halogens is 1. The van der Waals surface area contributed by atoms with Gasteiger partial charge in [0.05, 0.1) is 5.56 Å². The summed E-state index contributed by atoms with van der Waals surface area (Å²) in [5.41, 5.74) is 0.896. The summed E-state index contributed by atoms with van der Waals surface area (Å²) in [5, 5.41) is 12.1. The van der Waals surface area contributed by atoms with Crippen LogP contribution in [-0.2, 0) is 0 Å². The van der Waals surface area contributed by atoms with E-state index in [-0.39, 0.29) is 5.56 Å². The maximum atomic E-state index is 13.5. The molecule has 0 aliphatic heterocycles. The minimum absolute atomic E-state index is 0.109. The summed E-state index contributed by atoms with van der Waals surface area (Å²) in [6.45, 7) is 2.24. The van der Waals surface area contributed by atoms with Gasteiger partial charge in [-0.3, -0.25) is 0 Å². The molecular weight excluding hydrogens is 239 g/mol. The molecule has 102 valence electrons. The Balaban J connectivity index is 1.89. The Morgan fingerprint density at radius 1 is 1.32 bits per heavy atom.